The Hall–Kier alpha value is -1.56. The van der Waals surface area contributed by atoms with Crippen LogP contribution < -0.4 is 5.73 Å². The Balaban J connectivity index is 2.59. The van der Waals surface area contributed by atoms with Crippen molar-refractivity contribution in [2.24, 2.45) is 18.2 Å². The molecule has 21 heavy (non-hydrogen) atoms. The molecule has 0 saturated heterocycles. The fraction of sp³-hybridized carbons (Fsp3) is 0.643. The number of imidazole rings is 1. The SMILES string of the molecule is CCCc1nn(C)c2c1nc(CCl)n2CC(C)(C)C(N)=O. The van der Waals surface area contributed by atoms with Gasteiger partial charge in [0.1, 0.15) is 11.3 Å². The standard InChI is InChI=1S/C14H22ClN5O/c1-5-6-9-11-12(19(4)18-9)20(10(7-15)17-11)8-14(2,3)13(16)21/h5-8H2,1-4H3,(H2,16,21). The Morgan fingerprint density at radius 1 is 1.43 bits per heavy atom. The van der Waals surface area contributed by atoms with E-state index in [9.17, 15) is 4.79 Å². The van der Waals surface area contributed by atoms with Crippen LogP contribution in [0.5, 0.6) is 0 Å². The molecule has 7 heteroatoms. The zero-order chi connectivity index (χ0) is 15.8. The van der Waals surface area contributed by atoms with Crippen molar-refractivity contribution in [2.45, 2.75) is 46.0 Å². The second-order valence-corrected chi connectivity index (χ2v) is 6.26. The summed E-state index contributed by atoms with van der Waals surface area (Å²) in [5.41, 5.74) is 7.54. The van der Waals surface area contributed by atoms with Crippen LogP contribution >= 0.6 is 11.6 Å². The Labute approximate surface area is 129 Å². The number of nitrogens with zero attached hydrogens (tertiary/aromatic N) is 4. The Bertz CT molecular complexity index is 670. The van der Waals surface area contributed by atoms with Gasteiger partial charge < -0.3 is 10.3 Å². The van der Waals surface area contributed by atoms with E-state index in [4.69, 9.17) is 17.3 Å². The molecule has 0 aromatic carbocycles. The van der Waals surface area contributed by atoms with E-state index in [1.165, 1.54) is 0 Å². The highest BCUT2D eigenvalue weighted by Crippen LogP contribution is 2.26. The number of aromatic nitrogens is 4. The van der Waals surface area contributed by atoms with Crippen LogP contribution in [0.4, 0.5) is 0 Å². The van der Waals surface area contributed by atoms with Crippen LogP contribution in [0.1, 0.15) is 38.7 Å². The second kappa shape index (κ2) is 5.67. The molecule has 0 aliphatic heterocycles. The molecule has 6 nitrogen and oxygen atoms in total. The van der Waals surface area contributed by atoms with Crippen molar-refractivity contribution in [1.82, 2.24) is 19.3 Å². The van der Waals surface area contributed by atoms with Gasteiger partial charge in [0.05, 0.1) is 17.0 Å². The number of fused-ring (bicyclic) bond motifs is 1. The topological polar surface area (TPSA) is 78.7 Å². The maximum Gasteiger partial charge on any atom is 0.224 e. The number of alkyl halides is 1. The van der Waals surface area contributed by atoms with Gasteiger partial charge >= 0.3 is 0 Å². The highest BCUT2D eigenvalue weighted by atomic mass is 35.5. The molecule has 0 aliphatic carbocycles. The summed E-state index contributed by atoms with van der Waals surface area (Å²) in [5.74, 6) is 0.682. The summed E-state index contributed by atoms with van der Waals surface area (Å²) in [6.07, 6.45) is 1.87. The van der Waals surface area contributed by atoms with Gasteiger partial charge in [0.2, 0.25) is 5.91 Å². The first-order valence-electron chi connectivity index (χ1n) is 7.08. The van der Waals surface area contributed by atoms with Crippen LogP contribution in [-0.4, -0.2) is 25.2 Å². The fourth-order valence-electron chi connectivity index (χ4n) is 2.43. The normalized spacial score (nSPS) is 12.2. The van der Waals surface area contributed by atoms with E-state index in [1.807, 2.05) is 25.5 Å². The summed E-state index contributed by atoms with van der Waals surface area (Å²) in [5, 5.41) is 4.52. The molecular weight excluding hydrogens is 290 g/mol. The molecule has 0 unspecified atom stereocenters. The van der Waals surface area contributed by atoms with E-state index < -0.39 is 5.41 Å². The molecule has 1 amide bonds. The third-order valence-corrected chi connectivity index (χ3v) is 3.94. The van der Waals surface area contributed by atoms with Crippen molar-refractivity contribution >= 4 is 28.7 Å². The quantitative estimate of drug-likeness (QED) is 0.828. The number of hydrogen-bond acceptors (Lipinski definition) is 3. The van der Waals surface area contributed by atoms with Crippen LogP contribution in [0, 0.1) is 5.41 Å². The highest BCUT2D eigenvalue weighted by Gasteiger charge is 2.29. The minimum absolute atomic E-state index is 0.287. The second-order valence-electron chi connectivity index (χ2n) is 5.99. The molecule has 2 N–H and O–H groups in total. The van der Waals surface area contributed by atoms with Gasteiger partial charge in [-0.15, -0.1) is 11.6 Å². The zero-order valence-corrected chi connectivity index (χ0v) is 13.7. The third kappa shape index (κ3) is 2.77. The number of rotatable bonds is 6. The number of carbonyl (C=O) groups is 1. The van der Waals surface area contributed by atoms with Gasteiger partial charge in [-0.3, -0.25) is 9.48 Å². The first-order valence-corrected chi connectivity index (χ1v) is 7.62. The first-order chi connectivity index (χ1) is 9.81. The van der Waals surface area contributed by atoms with E-state index in [0.29, 0.717) is 6.54 Å². The van der Waals surface area contributed by atoms with Gasteiger partial charge in [0.25, 0.3) is 0 Å². The van der Waals surface area contributed by atoms with Gasteiger partial charge in [0.15, 0.2) is 5.65 Å². The third-order valence-electron chi connectivity index (χ3n) is 3.70. The van der Waals surface area contributed by atoms with E-state index in [1.54, 1.807) is 4.68 Å². The van der Waals surface area contributed by atoms with Crippen molar-refractivity contribution in [3.05, 3.63) is 11.5 Å². The number of amides is 1. The molecule has 2 aromatic rings. The Kier molecular flexibility index (Phi) is 4.27. The summed E-state index contributed by atoms with van der Waals surface area (Å²) in [6, 6.07) is 0. The summed E-state index contributed by atoms with van der Waals surface area (Å²) in [7, 11) is 1.88. The zero-order valence-electron chi connectivity index (χ0n) is 13.0. The number of halogens is 1. The monoisotopic (exact) mass is 311 g/mol. The van der Waals surface area contributed by atoms with E-state index in [2.05, 4.69) is 17.0 Å². The van der Waals surface area contributed by atoms with Gasteiger partial charge in [-0.1, -0.05) is 13.3 Å². The number of primary amides is 1. The molecule has 0 atom stereocenters. The number of carbonyl (C=O) groups excluding carboxylic acids is 1. The van der Waals surface area contributed by atoms with Crippen LogP contribution in [-0.2, 0) is 30.7 Å². The molecule has 0 aliphatic rings. The van der Waals surface area contributed by atoms with Crippen molar-refractivity contribution in [3.63, 3.8) is 0 Å². The smallest absolute Gasteiger partial charge is 0.224 e. The van der Waals surface area contributed by atoms with Crippen LogP contribution in [0.3, 0.4) is 0 Å². The molecule has 116 valence electrons. The average molecular weight is 312 g/mol. The average Bonchev–Trinajstić information content (AvgIpc) is 2.89. The van der Waals surface area contributed by atoms with Crippen molar-refractivity contribution in [2.75, 3.05) is 0 Å². The molecule has 0 bridgehead atoms. The maximum atomic E-state index is 11.6. The molecule has 0 radical (unpaired) electrons. The fourth-order valence-corrected chi connectivity index (χ4v) is 2.64. The summed E-state index contributed by atoms with van der Waals surface area (Å²) in [4.78, 5) is 16.2. The molecule has 2 rings (SSSR count). The number of hydrogen-bond donors (Lipinski definition) is 1. The Morgan fingerprint density at radius 2 is 2.10 bits per heavy atom. The summed E-state index contributed by atoms with van der Waals surface area (Å²) in [6.45, 7) is 6.19. The maximum absolute atomic E-state index is 11.6. The van der Waals surface area contributed by atoms with Crippen LogP contribution in [0.2, 0.25) is 0 Å². The molecule has 0 saturated carbocycles. The summed E-state index contributed by atoms with van der Waals surface area (Å²) >= 11 is 6.02. The van der Waals surface area contributed by atoms with E-state index in [0.717, 1.165) is 35.5 Å². The first kappa shape index (κ1) is 15.8. The van der Waals surface area contributed by atoms with Crippen molar-refractivity contribution in [3.8, 4) is 0 Å². The Morgan fingerprint density at radius 3 is 2.62 bits per heavy atom. The summed E-state index contributed by atoms with van der Waals surface area (Å²) < 4.78 is 3.76. The molecular formula is C14H22ClN5O. The predicted octanol–water partition coefficient (Wildman–Crippen LogP) is 1.97. The molecule has 2 heterocycles. The van der Waals surface area contributed by atoms with Crippen LogP contribution in [0.25, 0.3) is 11.2 Å². The molecule has 0 fully saturated rings. The van der Waals surface area contributed by atoms with E-state index >= 15 is 0 Å². The van der Waals surface area contributed by atoms with Gasteiger partial charge in [-0.2, -0.15) is 5.10 Å². The lowest BCUT2D eigenvalue weighted by Crippen LogP contribution is -2.36. The lowest BCUT2D eigenvalue weighted by atomic mass is 9.92. The van der Waals surface area contributed by atoms with E-state index in [-0.39, 0.29) is 11.8 Å². The van der Waals surface area contributed by atoms with Crippen molar-refractivity contribution in [1.29, 1.82) is 0 Å². The van der Waals surface area contributed by atoms with Gasteiger partial charge in [-0.25, -0.2) is 4.98 Å². The highest BCUT2D eigenvalue weighted by molar-refractivity contribution is 6.16. The number of aryl methyl sites for hydroxylation is 2. The van der Waals surface area contributed by atoms with Crippen LogP contribution in [0.15, 0.2) is 0 Å². The van der Waals surface area contributed by atoms with Gasteiger partial charge in [0, 0.05) is 13.6 Å². The molecule has 2 aromatic heterocycles. The minimum atomic E-state index is -0.677. The lowest BCUT2D eigenvalue weighted by Gasteiger charge is -2.22. The number of nitrogens with two attached hydrogens (primary N) is 1. The molecule has 0 spiro atoms. The predicted molar refractivity (Wildman–Crippen MR) is 83.0 cm³/mol. The lowest BCUT2D eigenvalue weighted by molar-refractivity contribution is -0.126. The minimum Gasteiger partial charge on any atom is -0.369 e. The van der Waals surface area contributed by atoms with Crippen molar-refractivity contribution < 1.29 is 4.79 Å². The largest absolute Gasteiger partial charge is 0.369 e. The van der Waals surface area contributed by atoms with Gasteiger partial charge in [-0.05, 0) is 20.3 Å².